The van der Waals surface area contributed by atoms with Gasteiger partial charge in [-0.15, -0.1) is 11.3 Å². The van der Waals surface area contributed by atoms with Gasteiger partial charge in [0.05, 0.1) is 11.7 Å². The van der Waals surface area contributed by atoms with Crippen molar-refractivity contribution in [1.82, 2.24) is 0 Å². The molecule has 0 saturated heterocycles. The van der Waals surface area contributed by atoms with Crippen LogP contribution in [-0.4, -0.2) is 5.11 Å². The highest BCUT2D eigenvalue weighted by atomic mass is 79.9. The first-order valence-corrected chi connectivity index (χ1v) is 7.12. The maximum atomic E-state index is 12.9. The molecular formula is C13H10BrF3OS. The van der Waals surface area contributed by atoms with Gasteiger partial charge in [0, 0.05) is 15.8 Å². The second kappa shape index (κ2) is 5.64. The van der Waals surface area contributed by atoms with Gasteiger partial charge in [0.2, 0.25) is 0 Å². The normalized spacial score (nSPS) is 13.5. The second-order valence-corrected chi connectivity index (χ2v) is 5.98. The number of rotatable bonds is 3. The quantitative estimate of drug-likeness (QED) is 0.842. The third kappa shape index (κ3) is 3.58. The van der Waals surface area contributed by atoms with E-state index in [2.05, 4.69) is 15.9 Å². The number of hydrogen-bond acceptors (Lipinski definition) is 2. The average Bonchev–Trinajstić information content (AvgIpc) is 2.80. The summed E-state index contributed by atoms with van der Waals surface area (Å²) in [7, 11) is 0. The molecule has 0 aliphatic rings. The lowest BCUT2D eigenvalue weighted by molar-refractivity contribution is -0.139. The first-order valence-electron chi connectivity index (χ1n) is 5.45. The molecule has 1 aromatic heterocycles. The Bertz CT molecular complexity index is 552. The average molecular weight is 351 g/mol. The topological polar surface area (TPSA) is 20.2 Å². The lowest BCUT2D eigenvalue weighted by Gasteiger charge is -2.17. The highest BCUT2D eigenvalue weighted by Gasteiger charge is 2.35. The molecule has 0 aliphatic carbocycles. The Morgan fingerprint density at radius 3 is 2.58 bits per heavy atom. The standard InChI is InChI=1S/C13H10BrF3OS/c14-8-3-4-10(11(6-8)13(15,16)17)12(18)7-9-2-1-5-19-9/h1-6,12,18H,7H2. The maximum absolute atomic E-state index is 12.9. The van der Waals surface area contributed by atoms with Gasteiger partial charge < -0.3 is 5.11 Å². The Hall–Kier alpha value is -0.850. The minimum absolute atomic E-state index is 0.0934. The minimum atomic E-state index is -4.48. The van der Waals surface area contributed by atoms with Crippen molar-refractivity contribution in [2.75, 3.05) is 0 Å². The summed E-state index contributed by atoms with van der Waals surface area (Å²) < 4.78 is 39.2. The van der Waals surface area contributed by atoms with Gasteiger partial charge in [-0.2, -0.15) is 13.2 Å². The molecular weight excluding hydrogens is 341 g/mol. The van der Waals surface area contributed by atoms with Crippen LogP contribution < -0.4 is 0 Å². The molecule has 1 heterocycles. The molecule has 2 rings (SSSR count). The summed E-state index contributed by atoms with van der Waals surface area (Å²) in [5.74, 6) is 0. The lowest BCUT2D eigenvalue weighted by atomic mass is 9.99. The van der Waals surface area contributed by atoms with E-state index in [9.17, 15) is 18.3 Å². The summed E-state index contributed by atoms with van der Waals surface area (Å²) in [6.45, 7) is 0. The lowest BCUT2D eigenvalue weighted by Crippen LogP contribution is -2.13. The van der Waals surface area contributed by atoms with Crippen LogP contribution in [0.1, 0.15) is 22.1 Å². The van der Waals surface area contributed by atoms with E-state index in [0.29, 0.717) is 4.47 Å². The minimum Gasteiger partial charge on any atom is -0.388 e. The van der Waals surface area contributed by atoms with E-state index in [-0.39, 0.29) is 12.0 Å². The van der Waals surface area contributed by atoms with E-state index in [4.69, 9.17) is 0 Å². The molecule has 1 atom stereocenters. The number of benzene rings is 1. The van der Waals surface area contributed by atoms with Crippen molar-refractivity contribution >= 4 is 27.3 Å². The van der Waals surface area contributed by atoms with Crippen molar-refractivity contribution in [1.29, 1.82) is 0 Å². The van der Waals surface area contributed by atoms with Crippen molar-refractivity contribution in [2.24, 2.45) is 0 Å². The Kier molecular flexibility index (Phi) is 4.32. The number of hydrogen-bond donors (Lipinski definition) is 1. The fourth-order valence-electron chi connectivity index (χ4n) is 1.79. The Morgan fingerprint density at radius 2 is 2.00 bits per heavy atom. The third-order valence-corrected chi connectivity index (χ3v) is 4.05. The van der Waals surface area contributed by atoms with Gasteiger partial charge in [0.15, 0.2) is 0 Å². The fraction of sp³-hybridized carbons (Fsp3) is 0.231. The van der Waals surface area contributed by atoms with E-state index in [1.165, 1.54) is 23.5 Å². The van der Waals surface area contributed by atoms with E-state index in [1.807, 2.05) is 5.38 Å². The number of halogens is 4. The third-order valence-electron chi connectivity index (χ3n) is 2.65. The van der Waals surface area contributed by atoms with Crippen LogP contribution in [0.2, 0.25) is 0 Å². The van der Waals surface area contributed by atoms with Gasteiger partial charge in [0.25, 0.3) is 0 Å². The molecule has 102 valence electrons. The molecule has 0 saturated carbocycles. The molecule has 1 nitrogen and oxygen atoms in total. The monoisotopic (exact) mass is 350 g/mol. The van der Waals surface area contributed by atoms with E-state index < -0.39 is 17.8 Å². The van der Waals surface area contributed by atoms with Crippen LogP contribution in [-0.2, 0) is 12.6 Å². The first-order chi connectivity index (χ1) is 8.88. The number of thiophene rings is 1. The molecule has 0 fully saturated rings. The van der Waals surface area contributed by atoms with Crippen molar-refractivity contribution < 1.29 is 18.3 Å². The van der Waals surface area contributed by atoms with E-state index in [1.54, 1.807) is 12.1 Å². The molecule has 0 amide bonds. The van der Waals surface area contributed by atoms with Crippen molar-refractivity contribution in [3.8, 4) is 0 Å². The van der Waals surface area contributed by atoms with E-state index in [0.717, 1.165) is 10.9 Å². The van der Waals surface area contributed by atoms with Crippen molar-refractivity contribution in [3.05, 3.63) is 56.2 Å². The Balaban J connectivity index is 2.33. The predicted octanol–water partition coefficient (Wildman–Crippen LogP) is 4.81. The second-order valence-electron chi connectivity index (χ2n) is 4.03. The van der Waals surface area contributed by atoms with Crippen LogP contribution in [0.5, 0.6) is 0 Å². The molecule has 19 heavy (non-hydrogen) atoms. The van der Waals surface area contributed by atoms with Gasteiger partial charge in [-0.1, -0.05) is 28.1 Å². The summed E-state index contributed by atoms with van der Waals surface area (Å²) in [6.07, 6.45) is -5.46. The van der Waals surface area contributed by atoms with Gasteiger partial charge in [0.1, 0.15) is 0 Å². The summed E-state index contributed by atoms with van der Waals surface area (Å²) >= 11 is 4.43. The van der Waals surface area contributed by atoms with Crippen LogP contribution in [0.4, 0.5) is 13.2 Å². The van der Waals surface area contributed by atoms with Gasteiger partial charge in [-0.3, -0.25) is 0 Å². The van der Waals surface area contributed by atoms with Crippen molar-refractivity contribution in [2.45, 2.75) is 18.7 Å². The van der Waals surface area contributed by atoms with Crippen LogP contribution in [0.3, 0.4) is 0 Å². The molecule has 0 bridgehead atoms. The highest BCUT2D eigenvalue weighted by Crippen LogP contribution is 2.37. The summed E-state index contributed by atoms with van der Waals surface area (Å²) in [6, 6.07) is 7.40. The van der Waals surface area contributed by atoms with Gasteiger partial charge in [-0.05, 0) is 29.1 Å². The largest absolute Gasteiger partial charge is 0.416 e. The first kappa shape index (κ1) is 14.6. The zero-order chi connectivity index (χ0) is 14.0. The zero-order valence-electron chi connectivity index (χ0n) is 9.62. The van der Waals surface area contributed by atoms with E-state index >= 15 is 0 Å². The van der Waals surface area contributed by atoms with Crippen LogP contribution in [0, 0.1) is 0 Å². The molecule has 0 spiro atoms. The Morgan fingerprint density at radius 1 is 1.26 bits per heavy atom. The molecule has 0 radical (unpaired) electrons. The SMILES string of the molecule is OC(Cc1cccs1)c1ccc(Br)cc1C(F)(F)F. The summed E-state index contributed by atoms with van der Waals surface area (Å²) in [5.41, 5.74) is -0.893. The molecule has 0 aliphatic heterocycles. The van der Waals surface area contributed by atoms with Crippen LogP contribution >= 0.6 is 27.3 Å². The molecule has 1 N–H and O–H groups in total. The molecule has 2 aromatic rings. The fourth-order valence-corrected chi connectivity index (χ4v) is 2.90. The number of aliphatic hydroxyl groups excluding tert-OH is 1. The Labute approximate surface area is 120 Å². The van der Waals surface area contributed by atoms with Crippen LogP contribution in [0.15, 0.2) is 40.2 Å². The maximum Gasteiger partial charge on any atom is 0.416 e. The summed E-state index contributed by atoms with van der Waals surface area (Å²) in [5, 5.41) is 11.8. The predicted molar refractivity (Wildman–Crippen MR) is 72.1 cm³/mol. The smallest absolute Gasteiger partial charge is 0.388 e. The van der Waals surface area contributed by atoms with Gasteiger partial charge in [-0.25, -0.2) is 0 Å². The molecule has 1 unspecified atom stereocenters. The van der Waals surface area contributed by atoms with Crippen molar-refractivity contribution in [3.63, 3.8) is 0 Å². The number of aliphatic hydroxyl groups is 1. The molecule has 6 heteroatoms. The molecule has 1 aromatic carbocycles. The summed E-state index contributed by atoms with van der Waals surface area (Å²) in [4.78, 5) is 0.851. The van der Waals surface area contributed by atoms with Crippen LogP contribution in [0.25, 0.3) is 0 Å². The van der Waals surface area contributed by atoms with Gasteiger partial charge >= 0.3 is 6.18 Å². The highest BCUT2D eigenvalue weighted by molar-refractivity contribution is 9.10. The number of alkyl halides is 3. The zero-order valence-corrected chi connectivity index (χ0v) is 12.0.